The Morgan fingerprint density at radius 3 is 2.45 bits per heavy atom. The number of ether oxygens (including phenoxy) is 2. The zero-order valence-corrected chi connectivity index (χ0v) is 11.2. The van der Waals surface area contributed by atoms with E-state index in [0.29, 0.717) is 17.0 Å². The zero-order valence-electron chi connectivity index (χ0n) is 11.2. The van der Waals surface area contributed by atoms with E-state index in [1.807, 2.05) is 42.5 Å². The first-order valence-corrected chi connectivity index (χ1v) is 6.19. The lowest BCUT2D eigenvalue weighted by Crippen LogP contribution is -2.05. The fourth-order valence-corrected chi connectivity index (χ4v) is 2.32. The summed E-state index contributed by atoms with van der Waals surface area (Å²) in [5.41, 5.74) is 1.03. The molecule has 2 aromatic carbocycles. The van der Waals surface area contributed by atoms with E-state index < -0.39 is 5.97 Å². The van der Waals surface area contributed by atoms with Crippen LogP contribution < -0.4 is 4.74 Å². The summed E-state index contributed by atoms with van der Waals surface area (Å²) in [7, 11) is 2.96. The van der Waals surface area contributed by atoms with Gasteiger partial charge in [-0.15, -0.1) is 0 Å². The zero-order chi connectivity index (χ0) is 14.1. The van der Waals surface area contributed by atoms with Crippen molar-refractivity contribution in [2.24, 2.45) is 0 Å². The maximum absolute atomic E-state index is 11.9. The number of hydrogen-bond donors (Lipinski definition) is 0. The molecule has 0 radical (unpaired) electrons. The van der Waals surface area contributed by atoms with E-state index in [1.54, 1.807) is 7.11 Å². The first-order chi connectivity index (χ1) is 9.74. The maximum Gasteiger partial charge on any atom is 0.357 e. The molecule has 0 aliphatic carbocycles. The standard InChI is InChI=1S/C16H13NO3/c1-19-10-7-8-12-11-5-3-4-6-13(11)15(16(18)20-2)17-14(12)9-10/h3-9H,1-2H3. The van der Waals surface area contributed by atoms with Crippen LogP contribution in [0.25, 0.3) is 21.7 Å². The van der Waals surface area contributed by atoms with Gasteiger partial charge in [-0.05, 0) is 17.5 Å². The quantitative estimate of drug-likeness (QED) is 0.528. The van der Waals surface area contributed by atoms with Crippen molar-refractivity contribution in [1.82, 2.24) is 4.98 Å². The monoisotopic (exact) mass is 267 g/mol. The lowest BCUT2D eigenvalue weighted by atomic mass is 10.0. The molecule has 0 aliphatic heterocycles. The molecule has 100 valence electrons. The van der Waals surface area contributed by atoms with Gasteiger partial charge in [-0.3, -0.25) is 0 Å². The molecule has 0 N–H and O–H groups in total. The van der Waals surface area contributed by atoms with Crippen LogP contribution in [0.5, 0.6) is 5.75 Å². The summed E-state index contributed by atoms with van der Waals surface area (Å²) in [6, 6.07) is 13.3. The van der Waals surface area contributed by atoms with Crippen LogP contribution in [-0.2, 0) is 4.74 Å². The maximum atomic E-state index is 11.9. The molecule has 0 saturated heterocycles. The molecule has 0 aliphatic rings. The Labute approximate surface area is 115 Å². The number of esters is 1. The van der Waals surface area contributed by atoms with Crippen molar-refractivity contribution in [3.05, 3.63) is 48.2 Å². The molecule has 1 aromatic heterocycles. The summed E-state index contributed by atoms with van der Waals surface area (Å²) in [6.45, 7) is 0. The summed E-state index contributed by atoms with van der Waals surface area (Å²) in [6.07, 6.45) is 0. The molecule has 0 bridgehead atoms. The lowest BCUT2D eigenvalue weighted by Gasteiger charge is -2.09. The first-order valence-electron chi connectivity index (χ1n) is 6.19. The van der Waals surface area contributed by atoms with Gasteiger partial charge in [0.25, 0.3) is 0 Å². The van der Waals surface area contributed by atoms with Gasteiger partial charge in [0.05, 0.1) is 19.7 Å². The van der Waals surface area contributed by atoms with Gasteiger partial charge in [-0.1, -0.05) is 24.3 Å². The largest absolute Gasteiger partial charge is 0.497 e. The van der Waals surface area contributed by atoms with Gasteiger partial charge in [0.2, 0.25) is 0 Å². The third-order valence-electron chi connectivity index (χ3n) is 3.29. The number of fused-ring (bicyclic) bond motifs is 3. The van der Waals surface area contributed by atoms with Crippen LogP contribution in [0, 0.1) is 0 Å². The molecule has 0 amide bonds. The molecular formula is C16H13NO3. The Morgan fingerprint density at radius 1 is 1.00 bits per heavy atom. The average Bonchev–Trinajstić information content (AvgIpc) is 2.52. The van der Waals surface area contributed by atoms with E-state index in [0.717, 1.165) is 16.2 Å². The van der Waals surface area contributed by atoms with Crippen molar-refractivity contribution in [3.8, 4) is 5.75 Å². The van der Waals surface area contributed by atoms with Gasteiger partial charge < -0.3 is 9.47 Å². The molecule has 20 heavy (non-hydrogen) atoms. The van der Waals surface area contributed by atoms with Crippen LogP contribution in [0.15, 0.2) is 42.5 Å². The number of pyridine rings is 1. The molecule has 3 aromatic rings. The molecule has 0 saturated carbocycles. The molecule has 0 atom stereocenters. The second-order valence-corrected chi connectivity index (χ2v) is 4.38. The average molecular weight is 267 g/mol. The topological polar surface area (TPSA) is 48.4 Å². The SMILES string of the molecule is COC(=O)c1nc2cc(OC)ccc2c2ccccc12. The highest BCUT2D eigenvalue weighted by atomic mass is 16.5. The second-order valence-electron chi connectivity index (χ2n) is 4.38. The van der Waals surface area contributed by atoms with Crippen LogP contribution in [0.3, 0.4) is 0 Å². The Morgan fingerprint density at radius 2 is 1.75 bits per heavy atom. The number of carbonyl (C=O) groups excluding carboxylic acids is 1. The molecule has 0 unspecified atom stereocenters. The number of nitrogens with zero attached hydrogens (tertiary/aromatic N) is 1. The van der Waals surface area contributed by atoms with E-state index in [9.17, 15) is 4.79 Å². The van der Waals surface area contributed by atoms with Crippen molar-refractivity contribution in [3.63, 3.8) is 0 Å². The first kappa shape index (κ1) is 12.4. The van der Waals surface area contributed by atoms with Gasteiger partial charge in [0.1, 0.15) is 5.75 Å². The van der Waals surface area contributed by atoms with E-state index in [-0.39, 0.29) is 0 Å². The third kappa shape index (κ3) is 1.86. The minimum Gasteiger partial charge on any atom is -0.497 e. The minimum atomic E-state index is -0.439. The molecule has 0 fully saturated rings. The summed E-state index contributed by atoms with van der Waals surface area (Å²) in [4.78, 5) is 16.3. The Balaban J connectivity index is 2.44. The van der Waals surface area contributed by atoms with Gasteiger partial charge in [0, 0.05) is 16.8 Å². The molecule has 0 spiro atoms. The second kappa shape index (κ2) is 4.81. The number of hydrogen-bond acceptors (Lipinski definition) is 4. The van der Waals surface area contributed by atoms with E-state index >= 15 is 0 Å². The lowest BCUT2D eigenvalue weighted by molar-refractivity contribution is 0.0597. The summed E-state index contributed by atoms with van der Waals surface area (Å²) < 4.78 is 10.0. The number of benzene rings is 2. The fourth-order valence-electron chi connectivity index (χ4n) is 2.32. The number of methoxy groups -OCH3 is 2. The summed E-state index contributed by atoms with van der Waals surface area (Å²) in [5, 5.41) is 2.74. The van der Waals surface area contributed by atoms with Gasteiger partial charge in [-0.25, -0.2) is 9.78 Å². The van der Waals surface area contributed by atoms with E-state index in [4.69, 9.17) is 9.47 Å². The Bertz CT molecular complexity index is 811. The van der Waals surface area contributed by atoms with Crippen LogP contribution in [-0.4, -0.2) is 25.2 Å². The molecule has 3 rings (SSSR count). The van der Waals surface area contributed by atoms with Crippen molar-refractivity contribution in [2.45, 2.75) is 0 Å². The van der Waals surface area contributed by atoms with Crippen LogP contribution in [0.1, 0.15) is 10.5 Å². The van der Waals surface area contributed by atoms with Crippen LogP contribution in [0.2, 0.25) is 0 Å². The van der Waals surface area contributed by atoms with Crippen molar-refractivity contribution in [1.29, 1.82) is 0 Å². The highest BCUT2D eigenvalue weighted by Crippen LogP contribution is 2.29. The molecule has 4 heteroatoms. The summed E-state index contributed by atoms with van der Waals surface area (Å²) in [5.74, 6) is 0.266. The summed E-state index contributed by atoms with van der Waals surface area (Å²) >= 11 is 0. The Kier molecular flexibility index (Phi) is 2.99. The molecule has 1 heterocycles. The van der Waals surface area contributed by atoms with Gasteiger partial charge >= 0.3 is 5.97 Å². The van der Waals surface area contributed by atoms with Crippen LogP contribution in [0.4, 0.5) is 0 Å². The number of aromatic nitrogens is 1. The van der Waals surface area contributed by atoms with Crippen molar-refractivity contribution in [2.75, 3.05) is 14.2 Å². The van der Waals surface area contributed by atoms with Crippen molar-refractivity contribution >= 4 is 27.6 Å². The molecule has 4 nitrogen and oxygen atoms in total. The smallest absolute Gasteiger partial charge is 0.357 e. The van der Waals surface area contributed by atoms with E-state index in [2.05, 4.69) is 4.98 Å². The minimum absolute atomic E-state index is 0.323. The Hall–Kier alpha value is -2.62. The molecular weight excluding hydrogens is 254 g/mol. The van der Waals surface area contributed by atoms with E-state index in [1.165, 1.54) is 7.11 Å². The fraction of sp³-hybridized carbons (Fsp3) is 0.125. The predicted octanol–water partition coefficient (Wildman–Crippen LogP) is 3.18. The number of carbonyl (C=O) groups is 1. The van der Waals surface area contributed by atoms with Crippen molar-refractivity contribution < 1.29 is 14.3 Å². The number of rotatable bonds is 2. The highest BCUT2D eigenvalue weighted by molar-refractivity contribution is 6.13. The normalized spacial score (nSPS) is 10.7. The van der Waals surface area contributed by atoms with Crippen LogP contribution >= 0.6 is 0 Å². The third-order valence-corrected chi connectivity index (χ3v) is 3.29. The highest BCUT2D eigenvalue weighted by Gasteiger charge is 2.15. The van der Waals surface area contributed by atoms with Gasteiger partial charge in [0.15, 0.2) is 5.69 Å². The predicted molar refractivity (Wildman–Crippen MR) is 77.1 cm³/mol. The van der Waals surface area contributed by atoms with Gasteiger partial charge in [-0.2, -0.15) is 0 Å².